The van der Waals surface area contributed by atoms with Crippen LogP contribution in [0.3, 0.4) is 0 Å². The van der Waals surface area contributed by atoms with Crippen LogP contribution in [0.4, 0.5) is 0 Å². The molecule has 1 aromatic carbocycles. The Balaban J connectivity index is 2.38. The second kappa shape index (κ2) is 3.82. The van der Waals surface area contributed by atoms with Crippen molar-refractivity contribution in [2.45, 2.75) is 13.8 Å². The van der Waals surface area contributed by atoms with E-state index in [0.717, 1.165) is 22.3 Å². The molecule has 1 N–H and O–H groups in total. The Morgan fingerprint density at radius 1 is 1.28 bits per heavy atom. The molecule has 0 fully saturated rings. The first-order valence-electron chi connectivity index (χ1n) is 5.72. The number of hydrogen-bond acceptors (Lipinski definition) is 2. The average molecular weight is 256 g/mol. The van der Waals surface area contributed by atoms with E-state index in [1.54, 1.807) is 11.3 Å². The van der Waals surface area contributed by atoms with Crippen molar-refractivity contribution in [3.8, 4) is 10.4 Å². The number of aryl methyl sites for hydroxylation is 2. The molecule has 0 unspecified atom stereocenters. The van der Waals surface area contributed by atoms with E-state index in [1.165, 1.54) is 22.1 Å². The van der Waals surface area contributed by atoms with Crippen LogP contribution in [0.2, 0.25) is 0 Å². The van der Waals surface area contributed by atoms with Crippen LogP contribution in [-0.2, 0) is 4.79 Å². The Morgan fingerprint density at radius 2 is 2.06 bits per heavy atom. The highest BCUT2D eigenvalue weighted by Gasteiger charge is 2.26. The Hall–Kier alpha value is -1.87. The molecule has 2 nitrogen and oxygen atoms in total. The molecule has 3 heteroatoms. The van der Waals surface area contributed by atoms with Gasteiger partial charge in [0.25, 0.3) is 0 Å². The number of benzene rings is 1. The summed E-state index contributed by atoms with van der Waals surface area (Å²) in [6.45, 7) is 4.11. The van der Waals surface area contributed by atoms with Gasteiger partial charge in [0.2, 0.25) is 0 Å². The molecule has 0 spiro atoms. The molecule has 1 heterocycles. The standard InChI is InChI=1S/C15H12O2S/c1-8-5-9(2)14-11(7-13(16)17)10-3-4-18-15(10)12(14)6-8/h3-7H,1-2H3,(H,16,17)/b11-7-. The van der Waals surface area contributed by atoms with Crippen molar-refractivity contribution < 1.29 is 9.90 Å². The minimum atomic E-state index is -0.894. The zero-order chi connectivity index (χ0) is 12.9. The quantitative estimate of drug-likeness (QED) is 0.671. The summed E-state index contributed by atoms with van der Waals surface area (Å²) in [5, 5.41) is 11.0. The Morgan fingerprint density at radius 3 is 2.78 bits per heavy atom. The summed E-state index contributed by atoms with van der Waals surface area (Å²) in [6, 6.07) is 6.25. The lowest BCUT2D eigenvalue weighted by molar-refractivity contribution is -0.131. The highest BCUT2D eigenvalue weighted by atomic mass is 32.1. The molecule has 0 radical (unpaired) electrons. The summed E-state index contributed by atoms with van der Waals surface area (Å²) < 4.78 is 0. The second-order valence-corrected chi connectivity index (χ2v) is 5.48. The van der Waals surface area contributed by atoms with Crippen molar-refractivity contribution in [2.75, 3.05) is 0 Å². The summed E-state index contributed by atoms with van der Waals surface area (Å²) in [6.07, 6.45) is 1.32. The van der Waals surface area contributed by atoms with Crippen molar-refractivity contribution in [1.29, 1.82) is 0 Å². The Labute approximate surface area is 109 Å². The second-order valence-electron chi connectivity index (χ2n) is 4.56. The minimum Gasteiger partial charge on any atom is -0.478 e. The maximum atomic E-state index is 11.0. The molecule has 3 rings (SSSR count). The van der Waals surface area contributed by atoms with Gasteiger partial charge in [0.1, 0.15) is 0 Å². The monoisotopic (exact) mass is 256 g/mol. The van der Waals surface area contributed by atoms with E-state index in [-0.39, 0.29) is 0 Å². The van der Waals surface area contributed by atoms with E-state index in [9.17, 15) is 4.79 Å². The Kier molecular flexibility index (Phi) is 2.38. The van der Waals surface area contributed by atoms with Crippen molar-refractivity contribution in [3.05, 3.63) is 51.9 Å². The number of thiophene rings is 1. The van der Waals surface area contributed by atoms with E-state index < -0.39 is 5.97 Å². The highest BCUT2D eigenvalue weighted by molar-refractivity contribution is 7.14. The van der Waals surface area contributed by atoms with Gasteiger partial charge in [0.05, 0.1) is 0 Å². The zero-order valence-corrected chi connectivity index (χ0v) is 11.0. The fraction of sp³-hybridized carbons (Fsp3) is 0.133. The topological polar surface area (TPSA) is 37.3 Å². The summed E-state index contributed by atoms with van der Waals surface area (Å²) in [5.74, 6) is -0.894. The fourth-order valence-corrected chi connectivity index (χ4v) is 3.58. The molecule has 0 saturated heterocycles. The molecule has 1 aromatic heterocycles. The summed E-state index contributed by atoms with van der Waals surface area (Å²) >= 11 is 1.67. The predicted molar refractivity (Wildman–Crippen MR) is 73.9 cm³/mol. The number of carboxylic acids is 1. The number of hydrogen-bond donors (Lipinski definition) is 1. The number of carboxylic acid groups (broad SMARTS) is 1. The predicted octanol–water partition coefficient (Wildman–Crippen LogP) is 3.86. The van der Waals surface area contributed by atoms with Crippen LogP contribution in [0.5, 0.6) is 0 Å². The van der Waals surface area contributed by atoms with E-state index in [4.69, 9.17) is 5.11 Å². The van der Waals surface area contributed by atoms with Gasteiger partial charge in [-0.25, -0.2) is 4.79 Å². The lowest BCUT2D eigenvalue weighted by Gasteiger charge is -2.07. The van der Waals surface area contributed by atoms with Crippen LogP contribution in [0.15, 0.2) is 29.7 Å². The van der Waals surface area contributed by atoms with E-state index in [2.05, 4.69) is 19.1 Å². The third kappa shape index (κ3) is 1.51. The molecule has 18 heavy (non-hydrogen) atoms. The van der Waals surface area contributed by atoms with Gasteiger partial charge in [-0.1, -0.05) is 11.6 Å². The minimum absolute atomic E-state index is 0.839. The maximum absolute atomic E-state index is 11.0. The smallest absolute Gasteiger partial charge is 0.328 e. The Bertz CT molecular complexity index is 693. The van der Waals surface area contributed by atoms with Crippen molar-refractivity contribution in [2.24, 2.45) is 0 Å². The van der Waals surface area contributed by atoms with Crippen LogP contribution in [-0.4, -0.2) is 11.1 Å². The third-order valence-corrected chi connectivity index (χ3v) is 4.16. The van der Waals surface area contributed by atoms with Crippen LogP contribution in [0, 0.1) is 13.8 Å². The number of fused-ring (bicyclic) bond motifs is 3. The zero-order valence-electron chi connectivity index (χ0n) is 10.2. The van der Waals surface area contributed by atoms with Crippen molar-refractivity contribution in [1.82, 2.24) is 0 Å². The lowest BCUT2D eigenvalue weighted by atomic mass is 9.97. The molecule has 1 aliphatic rings. The summed E-state index contributed by atoms with van der Waals surface area (Å²) in [7, 11) is 0. The van der Waals surface area contributed by atoms with E-state index >= 15 is 0 Å². The highest BCUT2D eigenvalue weighted by Crippen LogP contribution is 2.48. The largest absolute Gasteiger partial charge is 0.478 e. The van der Waals surface area contributed by atoms with Gasteiger partial charge in [-0.05, 0) is 48.1 Å². The van der Waals surface area contributed by atoms with Crippen LogP contribution in [0.25, 0.3) is 16.0 Å². The van der Waals surface area contributed by atoms with Gasteiger partial charge >= 0.3 is 5.97 Å². The normalized spacial score (nSPS) is 14.7. The third-order valence-electron chi connectivity index (χ3n) is 3.22. The molecule has 0 saturated carbocycles. The van der Waals surface area contributed by atoms with E-state index in [1.807, 2.05) is 18.4 Å². The molecule has 0 bridgehead atoms. The van der Waals surface area contributed by atoms with Gasteiger partial charge in [-0.2, -0.15) is 0 Å². The average Bonchev–Trinajstić information content (AvgIpc) is 2.81. The molecule has 0 amide bonds. The molecule has 2 aromatic rings. The molecule has 90 valence electrons. The first-order chi connectivity index (χ1) is 8.58. The number of carbonyl (C=O) groups is 1. The van der Waals surface area contributed by atoms with Gasteiger partial charge in [-0.3, -0.25) is 0 Å². The number of aliphatic carboxylic acids is 1. The van der Waals surface area contributed by atoms with Crippen molar-refractivity contribution >= 4 is 22.9 Å². The molecule has 0 atom stereocenters. The van der Waals surface area contributed by atoms with Gasteiger partial charge in [0.15, 0.2) is 0 Å². The molecule has 1 aliphatic carbocycles. The lowest BCUT2D eigenvalue weighted by Crippen LogP contribution is -1.93. The van der Waals surface area contributed by atoms with E-state index in [0.29, 0.717) is 0 Å². The van der Waals surface area contributed by atoms with Gasteiger partial charge in [-0.15, -0.1) is 11.3 Å². The van der Waals surface area contributed by atoms with Crippen LogP contribution < -0.4 is 0 Å². The van der Waals surface area contributed by atoms with Crippen LogP contribution in [0.1, 0.15) is 22.3 Å². The summed E-state index contributed by atoms with van der Waals surface area (Å²) in [4.78, 5) is 12.2. The first-order valence-corrected chi connectivity index (χ1v) is 6.60. The molecular weight excluding hydrogens is 244 g/mol. The fourth-order valence-electron chi connectivity index (χ4n) is 2.64. The summed E-state index contributed by atoms with van der Waals surface area (Å²) in [5.41, 5.74) is 6.48. The van der Waals surface area contributed by atoms with Crippen molar-refractivity contribution in [3.63, 3.8) is 0 Å². The molecule has 0 aliphatic heterocycles. The van der Waals surface area contributed by atoms with Gasteiger partial charge in [0, 0.05) is 22.1 Å². The van der Waals surface area contributed by atoms with Gasteiger partial charge < -0.3 is 5.11 Å². The molecular formula is C15H12O2S. The first kappa shape index (κ1) is 11.2. The van der Waals surface area contributed by atoms with Crippen LogP contribution >= 0.6 is 11.3 Å². The number of rotatable bonds is 1. The SMILES string of the molecule is Cc1cc(C)c2c(c1)-c1sccc1/C2=C/C(=O)O. The maximum Gasteiger partial charge on any atom is 0.328 e.